The molecule has 0 bridgehead atoms. The van der Waals surface area contributed by atoms with Crippen LogP contribution in [0.3, 0.4) is 0 Å². The van der Waals surface area contributed by atoms with Gasteiger partial charge in [-0.25, -0.2) is 0 Å². The first-order valence-electron chi connectivity index (χ1n) is 7.79. The molecule has 0 spiro atoms. The second kappa shape index (κ2) is 5.84. The third kappa shape index (κ3) is 2.92. The van der Waals surface area contributed by atoms with E-state index in [4.69, 9.17) is 0 Å². The van der Waals surface area contributed by atoms with Gasteiger partial charge < -0.3 is 5.32 Å². The number of nitrogens with one attached hydrogen (secondary N) is 1. The summed E-state index contributed by atoms with van der Waals surface area (Å²) in [7, 11) is 0. The third-order valence-electron chi connectivity index (χ3n) is 4.63. The molecule has 1 N–H and O–H groups in total. The Hall–Kier alpha value is -1.90. The number of nitrogens with zero attached hydrogens (tertiary/aromatic N) is 1. The average Bonchev–Trinajstić information content (AvgIpc) is 2.49. The monoisotopic (exact) mass is 282 g/mol. The second-order valence-corrected chi connectivity index (χ2v) is 6.36. The lowest BCUT2D eigenvalue weighted by Crippen LogP contribution is -2.42. The van der Waals surface area contributed by atoms with Gasteiger partial charge in [0.25, 0.3) is 5.91 Å². The first kappa shape index (κ1) is 14.1. The minimum atomic E-state index is 0.00528. The minimum absolute atomic E-state index is 0.00528. The molecule has 1 aliphatic rings. The normalized spacial score (nSPS) is 25.7. The number of hydrogen-bond acceptors (Lipinski definition) is 2. The van der Waals surface area contributed by atoms with Crippen LogP contribution in [0.1, 0.15) is 43.5 Å². The standard InChI is InChI=1S/C18H22N2O/c1-12-8-9-16(13(2)11-12)20-18(21)15-7-3-5-14-6-4-10-19-17(14)15/h3-7,10,12-13,16H,8-9,11H2,1-2H3,(H,20,21). The van der Waals surface area contributed by atoms with E-state index < -0.39 is 0 Å². The second-order valence-electron chi connectivity index (χ2n) is 6.36. The zero-order valence-electron chi connectivity index (χ0n) is 12.7. The van der Waals surface area contributed by atoms with Crippen LogP contribution in [0.5, 0.6) is 0 Å². The SMILES string of the molecule is CC1CCC(NC(=O)c2cccc3cccnc23)C(C)C1. The summed E-state index contributed by atoms with van der Waals surface area (Å²) in [5, 5.41) is 4.23. The molecule has 1 amide bonds. The van der Waals surface area contributed by atoms with Gasteiger partial charge in [0.2, 0.25) is 0 Å². The molecule has 1 aliphatic carbocycles. The molecule has 3 atom stereocenters. The average molecular weight is 282 g/mol. The lowest BCUT2D eigenvalue weighted by molar-refractivity contribution is 0.0901. The fraction of sp³-hybridized carbons (Fsp3) is 0.444. The number of rotatable bonds is 2. The lowest BCUT2D eigenvalue weighted by atomic mass is 9.80. The number of hydrogen-bond donors (Lipinski definition) is 1. The van der Waals surface area contributed by atoms with Crippen LogP contribution in [-0.2, 0) is 0 Å². The van der Waals surface area contributed by atoms with Gasteiger partial charge in [-0.15, -0.1) is 0 Å². The molecule has 3 unspecified atom stereocenters. The minimum Gasteiger partial charge on any atom is -0.349 e. The van der Waals surface area contributed by atoms with E-state index >= 15 is 0 Å². The number of fused-ring (bicyclic) bond motifs is 1. The number of pyridine rings is 1. The van der Waals surface area contributed by atoms with Crippen LogP contribution >= 0.6 is 0 Å². The van der Waals surface area contributed by atoms with E-state index in [0.717, 1.165) is 23.2 Å². The summed E-state index contributed by atoms with van der Waals surface area (Å²) in [5.41, 5.74) is 1.47. The zero-order valence-corrected chi connectivity index (χ0v) is 12.7. The maximum atomic E-state index is 12.6. The van der Waals surface area contributed by atoms with Crippen molar-refractivity contribution in [2.75, 3.05) is 0 Å². The highest BCUT2D eigenvalue weighted by Crippen LogP contribution is 2.29. The number of aromatic nitrogens is 1. The van der Waals surface area contributed by atoms with E-state index in [9.17, 15) is 4.79 Å². The molecular formula is C18H22N2O. The molecule has 1 fully saturated rings. The van der Waals surface area contributed by atoms with Gasteiger partial charge in [-0.1, -0.05) is 32.0 Å². The van der Waals surface area contributed by atoms with Crippen molar-refractivity contribution in [2.45, 2.75) is 39.2 Å². The molecule has 0 radical (unpaired) electrons. The molecule has 3 nitrogen and oxygen atoms in total. The van der Waals surface area contributed by atoms with Gasteiger partial charge in [0.15, 0.2) is 0 Å². The predicted octanol–water partition coefficient (Wildman–Crippen LogP) is 3.79. The summed E-state index contributed by atoms with van der Waals surface area (Å²) in [6.07, 6.45) is 5.21. The van der Waals surface area contributed by atoms with E-state index in [1.165, 1.54) is 12.8 Å². The number of benzene rings is 1. The van der Waals surface area contributed by atoms with Crippen LogP contribution in [0.4, 0.5) is 0 Å². The Morgan fingerprint density at radius 3 is 2.81 bits per heavy atom. The zero-order chi connectivity index (χ0) is 14.8. The molecule has 0 aliphatic heterocycles. The maximum Gasteiger partial charge on any atom is 0.253 e. The van der Waals surface area contributed by atoms with Gasteiger partial charge in [0.05, 0.1) is 11.1 Å². The highest BCUT2D eigenvalue weighted by molar-refractivity contribution is 6.05. The summed E-state index contributed by atoms with van der Waals surface area (Å²) < 4.78 is 0. The van der Waals surface area contributed by atoms with Crippen molar-refractivity contribution in [3.63, 3.8) is 0 Å². The first-order chi connectivity index (χ1) is 10.1. The Labute approximate surface area is 125 Å². The van der Waals surface area contributed by atoms with Gasteiger partial charge in [-0.05, 0) is 43.2 Å². The molecule has 1 saturated carbocycles. The van der Waals surface area contributed by atoms with E-state index in [1.54, 1.807) is 6.20 Å². The Bertz CT molecular complexity index is 647. The summed E-state index contributed by atoms with van der Waals surface area (Å²) in [4.78, 5) is 17.0. The highest BCUT2D eigenvalue weighted by Gasteiger charge is 2.27. The van der Waals surface area contributed by atoms with E-state index in [-0.39, 0.29) is 11.9 Å². The van der Waals surface area contributed by atoms with Crippen molar-refractivity contribution < 1.29 is 4.79 Å². The Morgan fingerprint density at radius 2 is 2.00 bits per heavy atom. The van der Waals surface area contributed by atoms with Crippen molar-refractivity contribution in [2.24, 2.45) is 11.8 Å². The summed E-state index contributed by atoms with van der Waals surface area (Å²) in [6.45, 7) is 4.53. The van der Waals surface area contributed by atoms with Crippen LogP contribution < -0.4 is 5.32 Å². The van der Waals surface area contributed by atoms with Gasteiger partial charge in [0.1, 0.15) is 0 Å². The summed E-state index contributed by atoms with van der Waals surface area (Å²) >= 11 is 0. The predicted molar refractivity (Wildman–Crippen MR) is 85.2 cm³/mol. The van der Waals surface area contributed by atoms with Crippen molar-refractivity contribution >= 4 is 16.8 Å². The Morgan fingerprint density at radius 1 is 1.19 bits per heavy atom. The lowest BCUT2D eigenvalue weighted by Gasteiger charge is -2.33. The Balaban J connectivity index is 1.81. The molecular weight excluding hydrogens is 260 g/mol. The van der Waals surface area contributed by atoms with Gasteiger partial charge in [-0.3, -0.25) is 9.78 Å². The Kier molecular flexibility index (Phi) is 3.91. The molecule has 1 heterocycles. The van der Waals surface area contributed by atoms with Crippen LogP contribution in [0.15, 0.2) is 36.5 Å². The highest BCUT2D eigenvalue weighted by atomic mass is 16.1. The fourth-order valence-electron chi connectivity index (χ4n) is 3.41. The number of carbonyl (C=O) groups is 1. The maximum absolute atomic E-state index is 12.6. The first-order valence-corrected chi connectivity index (χ1v) is 7.79. The van der Waals surface area contributed by atoms with Crippen molar-refractivity contribution in [1.82, 2.24) is 10.3 Å². The molecule has 21 heavy (non-hydrogen) atoms. The summed E-state index contributed by atoms with van der Waals surface area (Å²) in [6, 6.07) is 9.95. The quantitative estimate of drug-likeness (QED) is 0.910. The van der Waals surface area contributed by atoms with Crippen LogP contribution in [0.25, 0.3) is 10.9 Å². The van der Waals surface area contributed by atoms with E-state index in [2.05, 4.69) is 24.1 Å². The van der Waals surface area contributed by atoms with Crippen LogP contribution in [0, 0.1) is 11.8 Å². The topological polar surface area (TPSA) is 42.0 Å². The number of para-hydroxylation sites is 1. The summed E-state index contributed by atoms with van der Waals surface area (Å²) in [5.74, 6) is 1.32. The van der Waals surface area contributed by atoms with Crippen LogP contribution in [0.2, 0.25) is 0 Å². The van der Waals surface area contributed by atoms with Crippen molar-refractivity contribution in [1.29, 1.82) is 0 Å². The van der Waals surface area contributed by atoms with Gasteiger partial charge in [0, 0.05) is 17.6 Å². The molecule has 1 aromatic heterocycles. The van der Waals surface area contributed by atoms with E-state index in [1.807, 2.05) is 30.3 Å². The smallest absolute Gasteiger partial charge is 0.253 e. The molecule has 2 aromatic rings. The molecule has 3 heteroatoms. The van der Waals surface area contributed by atoms with Crippen molar-refractivity contribution in [3.8, 4) is 0 Å². The third-order valence-corrected chi connectivity index (χ3v) is 4.63. The fourth-order valence-corrected chi connectivity index (χ4v) is 3.41. The number of carbonyl (C=O) groups excluding carboxylic acids is 1. The van der Waals surface area contributed by atoms with Gasteiger partial charge >= 0.3 is 0 Å². The molecule has 0 saturated heterocycles. The van der Waals surface area contributed by atoms with Gasteiger partial charge in [-0.2, -0.15) is 0 Å². The molecule has 3 rings (SSSR count). The largest absolute Gasteiger partial charge is 0.349 e. The number of amides is 1. The van der Waals surface area contributed by atoms with Crippen LogP contribution in [-0.4, -0.2) is 16.9 Å². The molecule has 110 valence electrons. The van der Waals surface area contributed by atoms with Crippen molar-refractivity contribution in [3.05, 3.63) is 42.1 Å². The van der Waals surface area contributed by atoms with E-state index in [0.29, 0.717) is 11.5 Å². The molecule has 1 aromatic carbocycles.